The van der Waals surface area contributed by atoms with Gasteiger partial charge in [0.2, 0.25) is 5.91 Å². The number of benzene rings is 1. The lowest BCUT2D eigenvalue weighted by Crippen LogP contribution is -2.19. The Morgan fingerprint density at radius 3 is 2.44 bits per heavy atom. The average molecular weight is 222 g/mol. The van der Waals surface area contributed by atoms with Crippen LogP contribution in [0.15, 0.2) is 24.3 Å². The number of hydrogen-bond acceptors (Lipinski definition) is 3. The van der Waals surface area contributed by atoms with Gasteiger partial charge in [0.1, 0.15) is 0 Å². The first-order valence-corrected chi connectivity index (χ1v) is 5.39. The van der Waals surface area contributed by atoms with Gasteiger partial charge in [0.25, 0.3) is 0 Å². The third-order valence-corrected chi connectivity index (χ3v) is 2.45. The van der Waals surface area contributed by atoms with Crippen molar-refractivity contribution < 1.29 is 9.90 Å². The fraction of sp³-hybridized carbons (Fsp3) is 0.417. The van der Waals surface area contributed by atoms with E-state index in [-0.39, 0.29) is 18.6 Å². The first kappa shape index (κ1) is 12.7. The Labute approximate surface area is 95.7 Å². The molecule has 4 nitrogen and oxygen atoms in total. The van der Waals surface area contributed by atoms with Gasteiger partial charge in [0.05, 0.1) is 12.6 Å². The summed E-state index contributed by atoms with van der Waals surface area (Å²) >= 11 is 0. The highest BCUT2D eigenvalue weighted by Gasteiger charge is 2.07. The van der Waals surface area contributed by atoms with Crippen molar-refractivity contribution in [2.45, 2.75) is 19.4 Å². The van der Waals surface area contributed by atoms with E-state index in [4.69, 9.17) is 5.11 Å². The number of nitrogens with one attached hydrogen (secondary N) is 2. The van der Waals surface area contributed by atoms with E-state index in [1.165, 1.54) is 0 Å². The molecule has 0 aliphatic rings. The highest BCUT2D eigenvalue weighted by Crippen LogP contribution is 2.15. The zero-order chi connectivity index (χ0) is 12.0. The molecule has 3 N–H and O–H groups in total. The molecule has 0 bridgehead atoms. The number of carbonyl (C=O) groups is 1. The average Bonchev–Trinajstić information content (AvgIpc) is 2.32. The molecule has 0 aliphatic heterocycles. The van der Waals surface area contributed by atoms with Gasteiger partial charge >= 0.3 is 0 Å². The Balaban J connectivity index is 2.70. The third-order valence-electron chi connectivity index (χ3n) is 2.45. The summed E-state index contributed by atoms with van der Waals surface area (Å²) in [5.41, 5.74) is 1.78. The van der Waals surface area contributed by atoms with Gasteiger partial charge in [-0.15, -0.1) is 0 Å². The summed E-state index contributed by atoms with van der Waals surface area (Å²) in [6.07, 6.45) is 0.470. The van der Waals surface area contributed by atoms with Gasteiger partial charge in [-0.3, -0.25) is 4.79 Å². The van der Waals surface area contributed by atoms with E-state index >= 15 is 0 Å². The fourth-order valence-electron chi connectivity index (χ4n) is 1.41. The maximum absolute atomic E-state index is 11.1. The molecular weight excluding hydrogens is 204 g/mol. The van der Waals surface area contributed by atoms with Crippen molar-refractivity contribution in [3.8, 4) is 0 Å². The predicted molar refractivity (Wildman–Crippen MR) is 64.2 cm³/mol. The van der Waals surface area contributed by atoms with Gasteiger partial charge in [-0.05, 0) is 24.7 Å². The van der Waals surface area contributed by atoms with Crippen molar-refractivity contribution in [3.05, 3.63) is 29.8 Å². The molecule has 16 heavy (non-hydrogen) atoms. The molecule has 1 aromatic rings. The van der Waals surface area contributed by atoms with Crippen molar-refractivity contribution in [2.24, 2.45) is 0 Å². The molecule has 1 atom stereocenters. The second-order valence-corrected chi connectivity index (χ2v) is 3.55. The summed E-state index contributed by atoms with van der Waals surface area (Å²) in [6.45, 7) is 1.86. The normalized spacial score (nSPS) is 12.2. The van der Waals surface area contributed by atoms with Crippen LogP contribution in [0.25, 0.3) is 0 Å². The van der Waals surface area contributed by atoms with Crippen LogP contribution in [0.4, 0.5) is 5.69 Å². The van der Waals surface area contributed by atoms with Crippen molar-refractivity contribution in [2.75, 3.05) is 19.0 Å². The van der Waals surface area contributed by atoms with Gasteiger partial charge in [-0.1, -0.05) is 19.1 Å². The molecule has 0 saturated heterocycles. The van der Waals surface area contributed by atoms with E-state index in [0.717, 1.165) is 11.3 Å². The number of hydrogen-bond donors (Lipinski definition) is 3. The summed E-state index contributed by atoms with van der Waals surface area (Å²) in [7, 11) is 1.80. The van der Waals surface area contributed by atoms with Crippen molar-refractivity contribution >= 4 is 11.6 Å². The molecule has 0 fully saturated rings. The summed E-state index contributed by atoms with van der Waals surface area (Å²) in [5, 5.41) is 14.9. The van der Waals surface area contributed by atoms with E-state index < -0.39 is 0 Å². The first-order valence-electron chi connectivity index (χ1n) is 5.39. The second-order valence-electron chi connectivity index (χ2n) is 3.55. The highest BCUT2D eigenvalue weighted by molar-refractivity contribution is 5.90. The monoisotopic (exact) mass is 222 g/mol. The van der Waals surface area contributed by atoms with Crippen LogP contribution in [0.5, 0.6) is 0 Å². The van der Waals surface area contributed by atoms with Gasteiger partial charge in [0, 0.05) is 12.1 Å². The highest BCUT2D eigenvalue weighted by atomic mass is 16.3. The zero-order valence-electron chi connectivity index (χ0n) is 9.66. The van der Waals surface area contributed by atoms with Crippen LogP contribution >= 0.6 is 0 Å². The molecular formula is C12H18N2O2. The molecule has 1 rings (SSSR count). The minimum Gasteiger partial charge on any atom is -0.394 e. The Morgan fingerprint density at radius 1 is 1.38 bits per heavy atom. The van der Waals surface area contributed by atoms with E-state index in [9.17, 15) is 4.79 Å². The quantitative estimate of drug-likeness (QED) is 0.703. The number of aliphatic hydroxyl groups excluding tert-OH is 1. The van der Waals surface area contributed by atoms with E-state index in [1.54, 1.807) is 7.05 Å². The second kappa shape index (κ2) is 6.25. The van der Waals surface area contributed by atoms with Crippen LogP contribution in [0.2, 0.25) is 0 Å². The summed E-state index contributed by atoms with van der Waals surface area (Å²) in [6, 6.07) is 7.40. The lowest BCUT2D eigenvalue weighted by molar-refractivity contribution is -0.115. The number of aliphatic hydroxyl groups is 1. The lowest BCUT2D eigenvalue weighted by atomic mass is 10.1. The van der Waals surface area contributed by atoms with Crippen LogP contribution in [-0.4, -0.2) is 24.7 Å². The van der Waals surface area contributed by atoms with Crippen LogP contribution in [0.1, 0.15) is 24.9 Å². The third kappa shape index (κ3) is 3.32. The molecule has 0 spiro atoms. The molecule has 1 amide bonds. The number of amides is 1. The Kier molecular flexibility index (Phi) is 4.95. The molecule has 0 heterocycles. The Hall–Kier alpha value is -1.39. The minimum absolute atomic E-state index is 0.0000692. The maximum atomic E-state index is 11.1. The SMILES string of the molecule is CCC(=O)Nc1ccc(C(CO)NC)cc1. The molecule has 0 saturated carbocycles. The summed E-state index contributed by atoms with van der Waals surface area (Å²) in [4.78, 5) is 11.1. The number of rotatable bonds is 5. The molecule has 1 unspecified atom stereocenters. The number of likely N-dealkylation sites (N-methyl/N-ethyl adjacent to an activating group) is 1. The lowest BCUT2D eigenvalue weighted by Gasteiger charge is -2.14. The summed E-state index contributed by atoms with van der Waals surface area (Å²) < 4.78 is 0. The largest absolute Gasteiger partial charge is 0.394 e. The first-order chi connectivity index (χ1) is 7.71. The van der Waals surface area contributed by atoms with E-state index in [1.807, 2.05) is 31.2 Å². The topological polar surface area (TPSA) is 61.4 Å². The number of anilines is 1. The maximum Gasteiger partial charge on any atom is 0.224 e. The van der Waals surface area contributed by atoms with Crippen molar-refractivity contribution in [1.82, 2.24) is 5.32 Å². The zero-order valence-corrected chi connectivity index (χ0v) is 9.66. The smallest absolute Gasteiger partial charge is 0.224 e. The number of carbonyl (C=O) groups excluding carboxylic acids is 1. The van der Waals surface area contributed by atoms with Gasteiger partial charge < -0.3 is 15.7 Å². The minimum atomic E-state index is -0.0593. The Morgan fingerprint density at radius 2 is 2.00 bits per heavy atom. The van der Waals surface area contributed by atoms with Crippen LogP contribution in [0.3, 0.4) is 0 Å². The van der Waals surface area contributed by atoms with Crippen LogP contribution in [0, 0.1) is 0 Å². The van der Waals surface area contributed by atoms with E-state index in [2.05, 4.69) is 10.6 Å². The standard InChI is InChI=1S/C12H18N2O2/c1-3-12(16)14-10-6-4-9(5-7-10)11(8-15)13-2/h4-7,11,13,15H,3,8H2,1-2H3,(H,14,16). The molecule has 0 aliphatic carbocycles. The van der Waals surface area contributed by atoms with E-state index in [0.29, 0.717) is 6.42 Å². The van der Waals surface area contributed by atoms with Crippen molar-refractivity contribution in [3.63, 3.8) is 0 Å². The van der Waals surface area contributed by atoms with Gasteiger partial charge in [-0.2, -0.15) is 0 Å². The van der Waals surface area contributed by atoms with Crippen LogP contribution in [-0.2, 0) is 4.79 Å². The molecule has 0 aromatic heterocycles. The fourth-order valence-corrected chi connectivity index (χ4v) is 1.41. The molecule has 1 aromatic carbocycles. The van der Waals surface area contributed by atoms with Gasteiger partial charge in [0.15, 0.2) is 0 Å². The van der Waals surface area contributed by atoms with Crippen LogP contribution < -0.4 is 10.6 Å². The van der Waals surface area contributed by atoms with Crippen molar-refractivity contribution in [1.29, 1.82) is 0 Å². The predicted octanol–water partition coefficient (Wildman–Crippen LogP) is 1.29. The molecule has 88 valence electrons. The molecule has 0 radical (unpaired) electrons. The Bertz CT molecular complexity index is 331. The summed E-state index contributed by atoms with van der Waals surface area (Å²) in [5.74, 6) is 0.0000692. The molecule has 4 heteroatoms. The van der Waals surface area contributed by atoms with Gasteiger partial charge in [-0.25, -0.2) is 0 Å².